The van der Waals surface area contributed by atoms with E-state index in [1.54, 1.807) is 36.4 Å². The molecule has 2 aromatic rings. The molecule has 0 aliphatic carbocycles. The van der Waals surface area contributed by atoms with Gasteiger partial charge in [0.2, 0.25) is 10.0 Å². The van der Waals surface area contributed by atoms with Crippen molar-refractivity contribution in [1.82, 2.24) is 4.72 Å². The van der Waals surface area contributed by atoms with Crippen molar-refractivity contribution in [3.63, 3.8) is 0 Å². The number of alkyl halides is 3. The first-order valence-corrected chi connectivity index (χ1v) is 7.82. The number of hydrogen-bond acceptors (Lipinski definition) is 2. The van der Waals surface area contributed by atoms with Crippen molar-refractivity contribution in [2.45, 2.75) is 23.9 Å². The molecule has 0 fully saturated rings. The Balaban J connectivity index is 2.15. The molecular formula is C14H14F3NO2S. The second-order valence-corrected chi connectivity index (χ2v) is 6.33. The lowest BCUT2D eigenvalue weighted by molar-refractivity contribution is -0.135. The van der Waals surface area contributed by atoms with E-state index in [1.807, 2.05) is 0 Å². The molecule has 7 heteroatoms. The molecule has 0 amide bonds. The van der Waals surface area contributed by atoms with Crippen LogP contribution in [-0.2, 0) is 10.0 Å². The average Bonchev–Trinajstić information content (AvgIpc) is 2.42. The summed E-state index contributed by atoms with van der Waals surface area (Å²) in [5.41, 5.74) is 0. The Bertz CT molecular complexity index is 721. The Labute approximate surface area is 120 Å². The van der Waals surface area contributed by atoms with E-state index in [0.717, 1.165) is 5.39 Å². The lowest BCUT2D eigenvalue weighted by Crippen LogP contribution is -2.26. The van der Waals surface area contributed by atoms with Gasteiger partial charge in [-0.25, -0.2) is 13.1 Å². The van der Waals surface area contributed by atoms with E-state index in [2.05, 4.69) is 4.72 Å². The molecule has 0 unspecified atom stereocenters. The molecule has 3 nitrogen and oxygen atoms in total. The van der Waals surface area contributed by atoms with Crippen LogP contribution in [0.3, 0.4) is 0 Å². The first-order valence-electron chi connectivity index (χ1n) is 6.34. The van der Waals surface area contributed by atoms with Gasteiger partial charge in [0.05, 0.1) is 4.90 Å². The fourth-order valence-corrected chi connectivity index (χ4v) is 3.30. The molecule has 0 spiro atoms. The van der Waals surface area contributed by atoms with Crippen molar-refractivity contribution in [3.8, 4) is 0 Å². The van der Waals surface area contributed by atoms with E-state index < -0.39 is 22.6 Å². The van der Waals surface area contributed by atoms with Gasteiger partial charge in [-0.05, 0) is 17.9 Å². The Kier molecular flexibility index (Phi) is 4.53. The molecule has 1 N–H and O–H groups in total. The molecule has 0 saturated heterocycles. The van der Waals surface area contributed by atoms with Gasteiger partial charge in [-0.1, -0.05) is 36.4 Å². The van der Waals surface area contributed by atoms with Crippen molar-refractivity contribution < 1.29 is 21.6 Å². The Morgan fingerprint density at radius 2 is 1.67 bits per heavy atom. The summed E-state index contributed by atoms with van der Waals surface area (Å²) in [7, 11) is -3.82. The maximum absolute atomic E-state index is 12.2. The van der Waals surface area contributed by atoms with Crippen LogP contribution < -0.4 is 4.72 Å². The highest BCUT2D eigenvalue weighted by Gasteiger charge is 2.26. The predicted molar refractivity (Wildman–Crippen MR) is 74.4 cm³/mol. The zero-order chi connectivity index (χ0) is 15.5. The lowest BCUT2D eigenvalue weighted by Gasteiger charge is -2.10. The SMILES string of the molecule is O=S(=O)(NCCCC(F)(F)F)c1cccc2ccccc12. The van der Waals surface area contributed by atoms with Crippen LogP contribution in [0.5, 0.6) is 0 Å². The van der Waals surface area contributed by atoms with Crippen LogP contribution in [0.25, 0.3) is 10.8 Å². The third-order valence-corrected chi connectivity index (χ3v) is 4.49. The van der Waals surface area contributed by atoms with Gasteiger partial charge in [0.25, 0.3) is 0 Å². The van der Waals surface area contributed by atoms with Crippen molar-refractivity contribution in [1.29, 1.82) is 0 Å². The largest absolute Gasteiger partial charge is 0.389 e. The molecule has 0 aliphatic rings. The summed E-state index contributed by atoms with van der Waals surface area (Å²) in [6, 6.07) is 11.8. The lowest BCUT2D eigenvalue weighted by atomic mass is 10.1. The molecule has 114 valence electrons. The summed E-state index contributed by atoms with van der Waals surface area (Å²) in [4.78, 5) is 0.0765. The monoisotopic (exact) mass is 317 g/mol. The Morgan fingerprint density at radius 3 is 2.38 bits per heavy atom. The van der Waals surface area contributed by atoms with Crippen LogP contribution in [0.2, 0.25) is 0 Å². The molecule has 0 aliphatic heterocycles. The standard InChI is InChI=1S/C14H14F3NO2S/c15-14(16,17)9-4-10-18-21(19,20)13-8-3-6-11-5-1-2-7-12(11)13/h1-3,5-8,18H,4,9-10H2. The van der Waals surface area contributed by atoms with Crippen LogP contribution in [-0.4, -0.2) is 21.1 Å². The van der Waals surface area contributed by atoms with E-state index in [9.17, 15) is 21.6 Å². The fraction of sp³-hybridized carbons (Fsp3) is 0.286. The molecule has 0 bridgehead atoms. The summed E-state index contributed by atoms with van der Waals surface area (Å²) in [6.45, 7) is -0.245. The summed E-state index contributed by atoms with van der Waals surface area (Å²) in [6.07, 6.45) is -5.57. The van der Waals surface area contributed by atoms with E-state index in [-0.39, 0.29) is 17.9 Å². The highest BCUT2D eigenvalue weighted by Crippen LogP contribution is 2.23. The zero-order valence-electron chi connectivity index (χ0n) is 11.0. The third kappa shape index (κ3) is 4.18. The molecule has 0 radical (unpaired) electrons. The van der Waals surface area contributed by atoms with Crippen molar-refractivity contribution in [2.75, 3.05) is 6.54 Å². The molecule has 2 rings (SSSR count). The summed E-state index contributed by atoms with van der Waals surface area (Å²) in [5, 5.41) is 1.30. The normalized spacial score (nSPS) is 12.7. The van der Waals surface area contributed by atoms with E-state index in [4.69, 9.17) is 0 Å². The second-order valence-electron chi connectivity index (χ2n) is 4.59. The number of fused-ring (bicyclic) bond motifs is 1. The molecule has 0 aromatic heterocycles. The average molecular weight is 317 g/mol. The topological polar surface area (TPSA) is 46.2 Å². The maximum Gasteiger partial charge on any atom is 0.389 e. The minimum absolute atomic E-state index is 0.0765. The second kappa shape index (κ2) is 6.03. The summed E-state index contributed by atoms with van der Waals surface area (Å²) < 4.78 is 62.7. The number of benzene rings is 2. The number of rotatable bonds is 5. The van der Waals surface area contributed by atoms with Crippen molar-refractivity contribution in [3.05, 3.63) is 42.5 Å². The highest BCUT2D eigenvalue weighted by atomic mass is 32.2. The third-order valence-electron chi connectivity index (χ3n) is 2.97. The van der Waals surface area contributed by atoms with Gasteiger partial charge in [-0.2, -0.15) is 13.2 Å². The van der Waals surface area contributed by atoms with Crippen molar-refractivity contribution >= 4 is 20.8 Å². The van der Waals surface area contributed by atoms with E-state index in [0.29, 0.717) is 5.39 Å². The van der Waals surface area contributed by atoms with Crippen LogP contribution in [0.4, 0.5) is 13.2 Å². The highest BCUT2D eigenvalue weighted by molar-refractivity contribution is 7.89. The molecular weight excluding hydrogens is 303 g/mol. The van der Waals surface area contributed by atoms with Crippen LogP contribution in [0, 0.1) is 0 Å². The first kappa shape index (κ1) is 15.8. The molecule has 0 saturated carbocycles. The minimum Gasteiger partial charge on any atom is -0.211 e. The Morgan fingerprint density at radius 1 is 1.00 bits per heavy atom. The maximum atomic E-state index is 12.2. The van der Waals surface area contributed by atoms with Gasteiger partial charge in [-0.15, -0.1) is 0 Å². The molecule has 21 heavy (non-hydrogen) atoms. The minimum atomic E-state index is -4.27. The molecule has 0 atom stereocenters. The number of nitrogens with one attached hydrogen (secondary N) is 1. The number of halogens is 3. The van der Waals surface area contributed by atoms with Gasteiger partial charge in [0.15, 0.2) is 0 Å². The fourth-order valence-electron chi connectivity index (χ4n) is 2.00. The van der Waals surface area contributed by atoms with Gasteiger partial charge in [0.1, 0.15) is 0 Å². The predicted octanol–water partition coefficient (Wildman–Crippen LogP) is 3.46. The molecule has 2 aromatic carbocycles. The molecule has 0 heterocycles. The van der Waals surface area contributed by atoms with Gasteiger partial charge >= 0.3 is 6.18 Å². The van der Waals surface area contributed by atoms with Gasteiger partial charge in [-0.3, -0.25) is 0 Å². The quantitative estimate of drug-likeness (QED) is 0.859. The van der Waals surface area contributed by atoms with Crippen LogP contribution in [0.1, 0.15) is 12.8 Å². The summed E-state index contributed by atoms with van der Waals surface area (Å²) >= 11 is 0. The smallest absolute Gasteiger partial charge is 0.211 e. The van der Waals surface area contributed by atoms with Gasteiger partial charge in [0, 0.05) is 18.4 Å². The van der Waals surface area contributed by atoms with Crippen LogP contribution >= 0.6 is 0 Å². The number of hydrogen-bond donors (Lipinski definition) is 1. The van der Waals surface area contributed by atoms with Crippen LogP contribution in [0.15, 0.2) is 47.4 Å². The summed E-state index contributed by atoms with van der Waals surface area (Å²) in [5.74, 6) is 0. The zero-order valence-corrected chi connectivity index (χ0v) is 11.8. The van der Waals surface area contributed by atoms with E-state index >= 15 is 0 Å². The van der Waals surface area contributed by atoms with Gasteiger partial charge < -0.3 is 0 Å². The Hall–Kier alpha value is -1.60. The van der Waals surface area contributed by atoms with Crippen molar-refractivity contribution in [2.24, 2.45) is 0 Å². The van der Waals surface area contributed by atoms with E-state index in [1.165, 1.54) is 6.07 Å². The number of sulfonamides is 1. The first-order chi connectivity index (χ1) is 9.80.